The highest BCUT2D eigenvalue weighted by atomic mass is 32.2. The Morgan fingerprint density at radius 1 is 1.67 bits per heavy atom. The lowest BCUT2D eigenvalue weighted by Crippen LogP contribution is -2.37. The maximum atomic E-state index is 11.8. The van der Waals surface area contributed by atoms with Crippen molar-refractivity contribution in [2.24, 2.45) is 0 Å². The van der Waals surface area contributed by atoms with E-state index < -0.39 is 16.1 Å². The minimum absolute atomic E-state index is 0.120. The molecule has 0 fully saturated rings. The number of sulfonamides is 1. The summed E-state index contributed by atoms with van der Waals surface area (Å²) in [5.74, 6) is 0. The molecule has 6 nitrogen and oxygen atoms in total. The standard InChI is InChI=1S/C8H15N3O3S/c1-3-7(5-12)11-15(13,14)8-4-9-10-6(8)2/h4,7,11-12H,3,5H2,1-2H3,(H,9,10)/t7-/m1/s1. The molecule has 1 aromatic rings. The van der Waals surface area contributed by atoms with E-state index in [4.69, 9.17) is 5.11 Å². The number of aromatic amines is 1. The molecule has 1 atom stereocenters. The topological polar surface area (TPSA) is 95.1 Å². The Morgan fingerprint density at radius 3 is 2.73 bits per heavy atom. The molecule has 0 aromatic carbocycles. The lowest BCUT2D eigenvalue weighted by Gasteiger charge is -2.13. The van der Waals surface area contributed by atoms with Crippen molar-refractivity contribution in [2.45, 2.75) is 31.2 Å². The molecule has 1 rings (SSSR count). The monoisotopic (exact) mass is 233 g/mol. The summed E-state index contributed by atoms with van der Waals surface area (Å²) < 4.78 is 25.9. The maximum Gasteiger partial charge on any atom is 0.244 e. The van der Waals surface area contributed by atoms with Crippen LogP contribution in [0.5, 0.6) is 0 Å². The van der Waals surface area contributed by atoms with Crippen LogP contribution in [0.15, 0.2) is 11.1 Å². The molecule has 1 aromatic heterocycles. The molecular formula is C8H15N3O3S. The Morgan fingerprint density at radius 2 is 2.33 bits per heavy atom. The average molecular weight is 233 g/mol. The van der Waals surface area contributed by atoms with Gasteiger partial charge in [-0.1, -0.05) is 6.92 Å². The van der Waals surface area contributed by atoms with Gasteiger partial charge in [0.05, 0.1) is 18.5 Å². The molecule has 0 radical (unpaired) electrons. The largest absolute Gasteiger partial charge is 0.395 e. The predicted octanol–water partition coefficient (Wildman–Crippen LogP) is -0.233. The Kier molecular flexibility index (Phi) is 3.83. The predicted molar refractivity (Wildman–Crippen MR) is 54.8 cm³/mol. The first kappa shape index (κ1) is 12.2. The van der Waals surface area contributed by atoms with Gasteiger partial charge in [0.15, 0.2) is 0 Å². The van der Waals surface area contributed by atoms with Gasteiger partial charge >= 0.3 is 0 Å². The Balaban J connectivity index is 2.90. The zero-order valence-corrected chi connectivity index (χ0v) is 9.50. The van der Waals surface area contributed by atoms with Crippen LogP contribution in [-0.2, 0) is 10.0 Å². The third-order valence-corrected chi connectivity index (χ3v) is 3.74. The van der Waals surface area contributed by atoms with Gasteiger partial charge in [-0.2, -0.15) is 5.10 Å². The number of aryl methyl sites for hydroxylation is 1. The number of hydrogen-bond donors (Lipinski definition) is 3. The highest BCUT2D eigenvalue weighted by Gasteiger charge is 2.21. The molecule has 0 unspecified atom stereocenters. The summed E-state index contributed by atoms with van der Waals surface area (Å²) in [6, 6.07) is -0.454. The summed E-state index contributed by atoms with van der Waals surface area (Å²) >= 11 is 0. The van der Waals surface area contributed by atoms with E-state index in [2.05, 4.69) is 14.9 Å². The smallest absolute Gasteiger partial charge is 0.244 e. The van der Waals surface area contributed by atoms with E-state index in [0.717, 1.165) is 0 Å². The molecule has 3 N–H and O–H groups in total. The summed E-state index contributed by atoms with van der Waals surface area (Å²) in [6.07, 6.45) is 1.79. The third-order valence-electron chi connectivity index (χ3n) is 2.11. The molecule has 0 spiro atoms. The highest BCUT2D eigenvalue weighted by Crippen LogP contribution is 2.11. The number of nitrogens with zero attached hydrogens (tertiary/aromatic N) is 1. The summed E-state index contributed by atoms with van der Waals surface area (Å²) in [4.78, 5) is 0.120. The number of hydrogen-bond acceptors (Lipinski definition) is 4. The first-order valence-corrected chi connectivity index (χ1v) is 6.12. The lowest BCUT2D eigenvalue weighted by molar-refractivity contribution is 0.254. The van der Waals surface area contributed by atoms with Crippen LogP contribution < -0.4 is 4.72 Å². The summed E-state index contributed by atoms with van der Waals surface area (Å²) in [5.41, 5.74) is 0.482. The number of aliphatic hydroxyl groups excluding tert-OH is 1. The van der Waals surface area contributed by atoms with Crippen molar-refractivity contribution in [2.75, 3.05) is 6.61 Å². The zero-order chi connectivity index (χ0) is 11.5. The summed E-state index contributed by atoms with van der Waals surface area (Å²) in [7, 11) is -3.57. The first-order chi connectivity index (χ1) is 7.01. The van der Waals surface area contributed by atoms with Crippen molar-refractivity contribution in [3.8, 4) is 0 Å². The van der Waals surface area contributed by atoms with Gasteiger partial charge in [0.1, 0.15) is 4.90 Å². The van der Waals surface area contributed by atoms with Gasteiger partial charge in [0.2, 0.25) is 10.0 Å². The van der Waals surface area contributed by atoms with Crippen LogP contribution in [0.3, 0.4) is 0 Å². The second-order valence-corrected chi connectivity index (χ2v) is 4.95. The van der Waals surface area contributed by atoms with E-state index in [1.54, 1.807) is 13.8 Å². The number of nitrogens with one attached hydrogen (secondary N) is 2. The molecule has 86 valence electrons. The van der Waals surface area contributed by atoms with Crippen LogP contribution in [0.25, 0.3) is 0 Å². The van der Waals surface area contributed by atoms with Crippen LogP contribution in [0.1, 0.15) is 19.0 Å². The number of aliphatic hydroxyl groups is 1. The van der Waals surface area contributed by atoms with Crippen molar-refractivity contribution in [1.82, 2.24) is 14.9 Å². The fourth-order valence-corrected chi connectivity index (χ4v) is 2.59. The third kappa shape index (κ3) is 2.77. The minimum atomic E-state index is -3.57. The molecule has 0 amide bonds. The van der Waals surface area contributed by atoms with Crippen LogP contribution >= 0.6 is 0 Å². The molecule has 0 aliphatic rings. The van der Waals surface area contributed by atoms with Crippen molar-refractivity contribution in [3.05, 3.63) is 11.9 Å². The lowest BCUT2D eigenvalue weighted by atomic mass is 10.3. The maximum absolute atomic E-state index is 11.8. The van der Waals surface area contributed by atoms with Gasteiger partial charge in [0.25, 0.3) is 0 Å². The normalized spacial score (nSPS) is 14.1. The summed E-state index contributed by atoms with van der Waals surface area (Å²) in [5, 5.41) is 15.1. The fraction of sp³-hybridized carbons (Fsp3) is 0.625. The van der Waals surface area contributed by atoms with Gasteiger partial charge in [-0.15, -0.1) is 0 Å². The molecule has 0 aliphatic heterocycles. The minimum Gasteiger partial charge on any atom is -0.395 e. The molecular weight excluding hydrogens is 218 g/mol. The van der Waals surface area contributed by atoms with E-state index in [0.29, 0.717) is 12.1 Å². The molecule has 7 heteroatoms. The molecule has 15 heavy (non-hydrogen) atoms. The average Bonchev–Trinajstić information content (AvgIpc) is 2.61. The number of aromatic nitrogens is 2. The Labute approximate surface area is 88.8 Å². The van der Waals surface area contributed by atoms with Gasteiger partial charge in [-0.05, 0) is 13.3 Å². The second kappa shape index (κ2) is 4.73. The van der Waals surface area contributed by atoms with Gasteiger partial charge < -0.3 is 5.11 Å². The van der Waals surface area contributed by atoms with Crippen molar-refractivity contribution in [1.29, 1.82) is 0 Å². The van der Waals surface area contributed by atoms with Crippen LogP contribution in [-0.4, -0.2) is 36.4 Å². The van der Waals surface area contributed by atoms with E-state index in [1.807, 2.05) is 0 Å². The molecule has 0 bridgehead atoms. The van der Waals surface area contributed by atoms with Crippen LogP contribution in [0, 0.1) is 6.92 Å². The van der Waals surface area contributed by atoms with Crippen molar-refractivity contribution < 1.29 is 13.5 Å². The van der Waals surface area contributed by atoms with Crippen LogP contribution in [0.4, 0.5) is 0 Å². The van der Waals surface area contributed by atoms with Gasteiger partial charge in [0, 0.05) is 6.04 Å². The first-order valence-electron chi connectivity index (χ1n) is 4.64. The van der Waals surface area contributed by atoms with E-state index in [-0.39, 0.29) is 11.5 Å². The Bertz CT molecular complexity index is 409. The number of H-pyrrole nitrogens is 1. The Hall–Kier alpha value is -0.920. The molecule has 0 saturated carbocycles. The van der Waals surface area contributed by atoms with E-state index in [1.165, 1.54) is 6.20 Å². The highest BCUT2D eigenvalue weighted by molar-refractivity contribution is 7.89. The number of rotatable bonds is 5. The van der Waals surface area contributed by atoms with Crippen molar-refractivity contribution >= 4 is 10.0 Å². The van der Waals surface area contributed by atoms with E-state index in [9.17, 15) is 8.42 Å². The molecule has 1 heterocycles. The second-order valence-electron chi connectivity index (χ2n) is 3.27. The SMILES string of the molecule is CC[C@H](CO)NS(=O)(=O)c1cn[nH]c1C. The quantitative estimate of drug-likeness (QED) is 0.654. The fourth-order valence-electron chi connectivity index (χ4n) is 1.14. The summed E-state index contributed by atoms with van der Waals surface area (Å²) in [6.45, 7) is 3.21. The zero-order valence-electron chi connectivity index (χ0n) is 8.69. The van der Waals surface area contributed by atoms with Crippen molar-refractivity contribution in [3.63, 3.8) is 0 Å². The van der Waals surface area contributed by atoms with E-state index >= 15 is 0 Å². The van der Waals surface area contributed by atoms with Gasteiger partial charge in [-0.25, -0.2) is 13.1 Å². The van der Waals surface area contributed by atoms with Gasteiger partial charge in [-0.3, -0.25) is 5.10 Å². The molecule has 0 saturated heterocycles. The molecule has 0 aliphatic carbocycles. The van der Waals surface area contributed by atoms with Crippen LogP contribution in [0.2, 0.25) is 0 Å².